The van der Waals surface area contributed by atoms with Crippen LogP contribution in [0, 0.1) is 0 Å². The molecule has 1 aromatic heterocycles. The Bertz CT molecular complexity index is 783. The summed E-state index contributed by atoms with van der Waals surface area (Å²) in [5.74, 6) is -0.483. The summed E-state index contributed by atoms with van der Waals surface area (Å²) in [5, 5.41) is 1.23. The molecule has 0 aliphatic carbocycles. The molecule has 3 rings (SSSR count). The molecule has 0 radical (unpaired) electrons. The number of carbonyl (C=O) groups excluding carboxylic acids is 1. The molecule has 0 aliphatic heterocycles. The van der Waals surface area contributed by atoms with Gasteiger partial charge in [0.1, 0.15) is 11.6 Å². The number of hydrogen-bond acceptors (Lipinski definition) is 5. The van der Waals surface area contributed by atoms with Gasteiger partial charge in [0.2, 0.25) is 0 Å². The predicted molar refractivity (Wildman–Crippen MR) is 84.6 cm³/mol. The molecule has 2 N–H and O–H groups in total. The van der Waals surface area contributed by atoms with Crippen molar-refractivity contribution < 1.29 is 9.53 Å². The summed E-state index contributed by atoms with van der Waals surface area (Å²) in [4.78, 5) is 16.4. The van der Waals surface area contributed by atoms with E-state index in [4.69, 9.17) is 22.1 Å². The van der Waals surface area contributed by atoms with Crippen molar-refractivity contribution in [2.45, 2.75) is 6.61 Å². The number of nitrogen functional groups attached to an aromatic ring is 1. The molecule has 106 valence electrons. The van der Waals surface area contributed by atoms with Crippen LogP contribution in [0.1, 0.15) is 15.4 Å². The first kappa shape index (κ1) is 13.9. The highest BCUT2D eigenvalue weighted by Gasteiger charge is 2.13. The number of rotatable bonds is 3. The second kappa shape index (κ2) is 5.71. The number of hydrogen-bond donors (Lipinski definition) is 1. The van der Waals surface area contributed by atoms with Crippen molar-refractivity contribution in [1.29, 1.82) is 0 Å². The first-order chi connectivity index (χ1) is 10.1. The smallest absolute Gasteiger partial charge is 0.340 e. The Labute approximate surface area is 130 Å². The number of ether oxygens (including phenoxy) is 1. The molecule has 21 heavy (non-hydrogen) atoms. The van der Waals surface area contributed by atoms with Gasteiger partial charge in [-0.2, -0.15) is 0 Å². The minimum Gasteiger partial charge on any atom is -0.455 e. The molecule has 0 amide bonds. The molecule has 4 nitrogen and oxygen atoms in total. The van der Waals surface area contributed by atoms with Crippen molar-refractivity contribution in [1.82, 2.24) is 4.98 Å². The summed E-state index contributed by atoms with van der Waals surface area (Å²) in [7, 11) is 0. The Morgan fingerprint density at radius 3 is 2.86 bits per heavy atom. The third-order valence-corrected chi connectivity index (χ3v) is 4.14. The normalized spacial score (nSPS) is 10.7. The molecule has 0 aliphatic rings. The number of thiazole rings is 1. The number of nitrogens with two attached hydrogens (primary N) is 1. The molecule has 1 heterocycles. The van der Waals surface area contributed by atoms with Crippen LogP contribution in [0.25, 0.3) is 10.2 Å². The Morgan fingerprint density at radius 1 is 1.29 bits per heavy atom. The summed E-state index contributed by atoms with van der Waals surface area (Å²) in [5.41, 5.74) is 7.27. The highest BCUT2D eigenvalue weighted by molar-refractivity contribution is 7.18. The molecule has 0 spiro atoms. The number of nitrogens with zero attached hydrogens (tertiary/aromatic N) is 1. The second-order valence-electron chi connectivity index (χ2n) is 4.38. The van der Waals surface area contributed by atoms with Gasteiger partial charge < -0.3 is 10.5 Å². The van der Waals surface area contributed by atoms with Gasteiger partial charge in [-0.3, -0.25) is 0 Å². The highest BCUT2D eigenvalue weighted by atomic mass is 35.5. The van der Waals surface area contributed by atoms with Crippen LogP contribution in [-0.4, -0.2) is 11.0 Å². The fourth-order valence-corrected chi connectivity index (χ4v) is 2.97. The van der Waals surface area contributed by atoms with E-state index in [2.05, 4.69) is 4.98 Å². The number of benzene rings is 2. The Hall–Kier alpha value is -2.11. The van der Waals surface area contributed by atoms with Gasteiger partial charge in [-0.25, -0.2) is 9.78 Å². The van der Waals surface area contributed by atoms with Gasteiger partial charge in [0.25, 0.3) is 0 Å². The van der Waals surface area contributed by atoms with Crippen molar-refractivity contribution in [2.75, 3.05) is 5.73 Å². The Balaban J connectivity index is 1.73. The largest absolute Gasteiger partial charge is 0.455 e. The van der Waals surface area contributed by atoms with Crippen molar-refractivity contribution in [3.63, 3.8) is 0 Å². The molecular weight excluding hydrogens is 308 g/mol. The average molecular weight is 319 g/mol. The molecule has 0 saturated heterocycles. The SMILES string of the molecule is Nc1cc(Cl)ccc1C(=O)OCc1nc2ccccc2s1. The molecule has 3 aromatic rings. The lowest BCUT2D eigenvalue weighted by Gasteiger charge is -2.05. The molecule has 0 bridgehead atoms. The number of carbonyl (C=O) groups is 1. The number of halogens is 1. The van der Waals surface area contributed by atoms with Gasteiger partial charge in [0, 0.05) is 10.7 Å². The van der Waals surface area contributed by atoms with Crippen LogP contribution in [0.5, 0.6) is 0 Å². The first-order valence-electron chi connectivity index (χ1n) is 6.20. The molecule has 0 saturated carbocycles. The fraction of sp³-hybridized carbons (Fsp3) is 0.0667. The van der Waals surface area contributed by atoms with E-state index in [-0.39, 0.29) is 6.61 Å². The Kier molecular flexibility index (Phi) is 3.77. The molecule has 0 fully saturated rings. The molecule has 0 atom stereocenters. The van der Waals surface area contributed by atoms with Crippen LogP contribution in [0.15, 0.2) is 42.5 Å². The van der Waals surface area contributed by atoms with Crippen LogP contribution < -0.4 is 5.73 Å². The maximum atomic E-state index is 12.0. The van der Waals surface area contributed by atoms with E-state index in [0.717, 1.165) is 15.2 Å². The van der Waals surface area contributed by atoms with Crippen molar-refractivity contribution in [3.05, 3.63) is 58.1 Å². The average Bonchev–Trinajstić information content (AvgIpc) is 2.87. The maximum absolute atomic E-state index is 12.0. The summed E-state index contributed by atoms with van der Waals surface area (Å²) in [6.07, 6.45) is 0. The zero-order valence-electron chi connectivity index (χ0n) is 10.9. The van der Waals surface area contributed by atoms with Crippen molar-refractivity contribution in [2.24, 2.45) is 0 Å². The Morgan fingerprint density at radius 2 is 2.10 bits per heavy atom. The molecular formula is C15H11ClN2O2S. The van der Waals surface area contributed by atoms with E-state index in [1.165, 1.54) is 17.4 Å². The lowest BCUT2D eigenvalue weighted by Crippen LogP contribution is -2.08. The number of para-hydroxylation sites is 1. The van der Waals surface area contributed by atoms with Crippen LogP contribution in [0.3, 0.4) is 0 Å². The summed E-state index contributed by atoms with van der Waals surface area (Å²) >= 11 is 7.30. The highest BCUT2D eigenvalue weighted by Crippen LogP contribution is 2.23. The quantitative estimate of drug-likeness (QED) is 0.587. The van der Waals surface area contributed by atoms with Gasteiger partial charge in [-0.05, 0) is 30.3 Å². The fourth-order valence-electron chi connectivity index (χ4n) is 1.91. The zero-order chi connectivity index (χ0) is 14.8. The predicted octanol–water partition coefficient (Wildman–Crippen LogP) is 3.89. The summed E-state index contributed by atoms with van der Waals surface area (Å²) in [6, 6.07) is 12.5. The van der Waals surface area contributed by atoms with E-state index >= 15 is 0 Å². The maximum Gasteiger partial charge on any atom is 0.340 e. The van der Waals surface area contributed by atoms with Crippen molar-refractivity contribution >= 4 is 44.8 Å². The van der Waals surface area contributed by atoms with E-state index in [1.54, 1.807) is 12.1 Å². The van der Waals surface area contributed by atoms with Crippen LogP contribution in [0.2, 0.25) is 5.02 Å². The van der Waals surface area contributed by atoms with Crippen LogP contribution >= 0.6 is 22.9 Å². The summed E-state index contributed by atoms with van der Waals surface area (Å²) < 4.78 is 6.31. The summed E-state index contributed by atoms with van der Waals surface area (Å²) in [6.45, 7) is 0.125. The van der Waals surface area contributed by atoms with E-state index < -0.39 is 5.97 Å². The van der Waals surface area contributed by atoms with Gasteiger partial charge in [-0.15, -0.1) is 11.3 Å². The number of fused-ring (bicyclic) bond motifs is 1. The number of anilines is 1. The zero-order valence-corrected chi connectivity index (χ0v) is 12.4. The van der Waals surface area contributed by atoms with Crippen LogP contribution in [-0.2, 0) is 11.3 Å². The number of aromatic nitrogens is 1. The lowest BCUT2D eigenvalue weighted by atomic mass is 10.2. The molecule has 0 unspecified atom stereocenters. The van der Waals surface area contributed by atoms with E-state index in [0.29, 0.717) is 16.3 Å². The first-order valence-corrected chi connectivity index (χ1v) is 7.39. The van der Waals surface area contributed by atoms with Crippen molar-refractivity contribution in [3.8, 4) is 0 Å². The van der Waals surface area contributed by atoms with Gasteiger partial charge in [0.05, 0.1) is 15.8 Å². The minimum atomic E-state index is -0.483. The van der Waals surface area contributed by atoms with Gasteiger partial charge in [-0.1, -0.05) is 23.7 Å². The van der Waals surface area contributed by atoms with E-state index in [1.807, 2.05) is 24.3 Å². The molecule has 6 heteroatoms. The van der Waals surface area contributed by atoms with Crippen LogP contribution in [0.4, 0.5) is 5.69 Å². The monoisotopic (exact) mass is 318 g/mol. The topological polar surface area (TPSA) is 65.2 Å². The number of esters is 1. The third-order valence-electron chi connectivity index (χ3n) is 2.90. The van der Waals surface area contributed by atoms with Gasteiger partial charge >= 0.3 is 5.97 Å². The standard InChI is InChI=1S/C15H11ClN2O2S/c16-9-5-6-10(11(17)7-9)15(19)20-8-14-18-12-3-1-2-4-13(12)21-14/h1-7H,8,17H2. The minimum absolute atomic E-state index is 0.125. The van der Waals surface area contributed by atoms with E-state index in [9.17, 15) is 4.79 Å². The lowest BCUT2D eigenvalue weighted by molar-refractivity contribution is 0.0474. The third kappa shape index (κ3) is 2.99. The molecule has 2 aromatic carbocycles. The van der Waals surface area contributed by atoms with Gasteiger partial charge in [0.15, 0.2) is 0 Å². The second-order valence-corrected chi connectivity index (χ2v) is 5.93.